The molecule has 3 aromatic rings. The van der Waals surface area contributed by atoms with E-state index in [2.05, 4.69) is 34.0 Å². The van der Waals surface area contributed by atoms with E-state index < -0.39 is 0 Å². The standard InChI is InChI=1S/C20H25N5O2/c1-13-7-5-6-8-14(13)16-12-24(9-10-27-16)19-22-17-15(18(26)23-19)11-21-25(17)20(2,3)4/h5-8,11,16H,9-10,12H2,1-4H3,(H,22,23,26). The van der Waals surface area contributed by atoms with Gasteiger partial charge in [0.1, 0.15) is 11.5 Å². The number of fused-ring (bicyclic) bond motifs is 1. The first-order valence-electron chi connectivity index (χ1n) is 9.25. The largest absolute Gasteiger partial charge is 0.370 e. The van der Waals surface area contributed by atoms with E-state index in [4.69, 9.17) is 9.72 Å². The summed E-state index contributed by atoms with van der Waals surface area (Å²) in [5.41, 5.74) is 2.57. The lowest BCUT2D eigenvalue weighted by Gasteiger charge is -2.34. The van der Waals surface area contributed by atoms with Crippen molar-refractivity contribution in [3.63, 3.8) is 0 Å². The number of nitrogens with one attached hydrogen (secondary N) is 1. The first-order valence-corrected chi connectivity index (χ1v) is 9.25. The van der Waals surface area contributed by atoms with Crippen LogP contribution in [0.2, 0.25) is 0 Å². The summed E-state index contributed by atoms with van der Waals surface area (Å²) in [5, 5.41) is 4.89. The summed E-state index contributed by atoms with van der Waals surface area (Å²) in [4.78, 5) is 22.3. The van der Waals surface area contributed by atoms with Gasteiger partial charge in [-0.15, -0.1) is 0 Å². The van der Waals surface area contributed by atoms with Gasteiger partial charge in [-0.05, 0) is 38.8 Å². The Balaban J connectivity index is 1.71. The Morgan fingerprint density at radius 2 is 2.04 bits per heavy atom. The number of hydrogen-bond donors (Lipinski definition) is 1. The summed E-state index contributed by atoms with van der Waals surface area (Å²) in [6, 6.07) is 8.24. The number of H-pyrrole nitrogens is 1. The van der Waals surface area contributed by atoms with Crippen molar-refractivity contribution in [3.8, 4) is 0 Å². The second-order valence-electron chi connectivity index (χ2n) is 8.02. The molecule has 1 aliphatic rings. The maximum atomic E-state index is 12.6. The van der Waals surface area contributed by atoms with Crippen molar-refractivity contribution < 1.29 is 4.74 Å². The van der Waals surface area contributed by atoms with Gasteiger partial charge < -0.3 is 9.64 Å². The molecule has 1 saturated heterocycles. The molecule has 1 atom stereocenters. The summed E-state index contributed by atoms with van der Waals surface area (Å²) in [5.74, 6) is 0.570. The molecule has 1 aromatic carbocycles. The topological polar surface area (TPSA) is 76.0 Å². The summed E-state index contributed by atoms with van der Waals surface area (Å²) in [7, 11) is 0. The number of hydrogen-bond acceptors (Lipinski definition) is 5. The number of anilines is 1. The third kappa shape index (κ3) is 3.23. The lowest BCUT2D eigenvalue weighted by Crippen LogP contribution is -2.40. The van der Waals surface area contributed by atoms with E-state index in [1.54, 1.807) is 10.9 Å². The SMILES string of the molecule is Cc1ccccc1C1CN(c2nc3c(cnn3C(C)(C)C)c(=O)[nH]2)CCO1. The molecule has 4 rings (SSSR count). The van der Waals surface area contributed by atoms with E-state index in [0.717, 1.165) is 0 Å². The molecular weight excluding hydrogens is 342 g/mol. The van der Waals surface area contributed by atoms with Gasteiger partial charge in [0.05, 0.1) is 24.9 Å². The molecule has 0 bridgehead atoms. The smallest absolute Gasteiger partial charge is 0.263 e. The van der Waals surface area contributed by atoms with Crippen LogP contribution in [-0.2, 0) is 10.3 Å². The van der Waals surface area contributed by atoms with Gasteiger partial charge >= 0.3 is 0 Å². The number of benzene rings is 1. The molecule has 142 valence electrons. The zero-order valence-corrected chi connectivity index (χ0v) is 16.2. The second-order valence-corrected chi connectivity index (χ2v) is 8.02. The van der Waals surface area contributed by atoms with Gasteiger partial charge in [-0.25, -0.2) is 4.68 Å². The van der Waals surface area contributed by atoms with Crippen molar-refractivity contribution in [2.45, 2.75) is 39.3 Å². The first kappa shape index (κ1) is 17.7. The van der Waals surface area contributed by atoms with Gasteiger partial charge in [0.2, 0.25) is 5.95 Å². The third-order valence-corrected chi connectivity index (χ3v) is 4.96. The molecule has 1 unspecified atom stereocenters. The molecular formula is C20H25N5O2. The third-order valence-electron chi connectivity index (χ3n) is 4.96. The van der Waals surface area contributed by atoms with Gasteiger partial charge in [-0.1, -0.05) is 24.3 Å². The Labute approximate surface area is 158 Å². The molecule has 3 heterocycles. The lowest BCUT2D eigenvalue weighted by molar-refractivity contribution is 0.0388. The van der Waals surface area contributed by atoms with Gasteiger partial charge in [0.25, 0.3) is 5.56 Å². The Hall–Kier alpha value is -2.67. The van der Waals surface area contributed by atoms with Crippen LogP contribution in [0, 0.1) is 6.92 Å². The lowest BCUT2D eigenvalue weighted by atomic mass is 10.0. The highest BCUT2D eigenvalue weighted by Gasteiger charge is 2.26. The van der Waals surface area contributed by atoms with Gasteiger partial charge in [-0.3, -0.25) is 9.78 Å². The average molecular weight is 367 g/mol. The van der Waals surface area contributed by atoms with Crippen LogP contribution in [0.15, 0.2) is 35.3 Å². The number of rotatable bonds is 2. The molecule has 7 nitrogen and oxygen atoms in total. The summed E-state index contributed by atoms with van der Waals surface area (Å²) in [6.07, 6.45) is 1.54. The molecule has 0 spiro atoms. The predicted octanol–water partition coefficient (Wildman–Crippen LogP) is 2.76. The summed E-state index contributed by atoms with van der Waals surface area (Å²) >= 11 is 0. The van der Waals surface area contributed by atoms with Crippen LogP contribution in [-0.4, -0.2) is 39.4 Å². The van der Waals surface area contributed by atoms with Crippen LogP contribution in [0.5, 0.6) is 0 Å². The van der Waals surface area contributed by atoms with Crippen molar-refractivity contribution in [2.24, 2.45) is 0 Å². The van der Waals surface area contributed by atoms with E-state index in [1.807, 2.05) is 32.9 Å². The van der Waals surface area contributed by atoms with Crippen LogP contribution in [0.3, 0.4) is 0 Å². The molecule has 0 radical (unpaired) electrons. The van der Waals surface area contributed by atoms with E-state index in [0.29, 0.717) is 36.7 Å². The molecule has 0 aliphatic carbocycles. The van der Waals surface area contributed by atoms with Crippen molar-refractivity contribution in [2.75, 3.05) is 24.6 Å². The Kier molecular flexibility index (Phi) is 4.26. The number of ether oxygens (including phenoxy) is 1. The fraction of sp³-hybridized carbons (Fsp3) is 0.450. The molecule has 27 heavy (non-hydrogen) atoms. The molecule has 2 aromatic heterocycles. The number of aryl methyl sites for hydroxylation is 1. The van der Waals surface area contributed by atoms with E-state index in [-0.39, 0.29) is 17.2 Å². The zero-order chi connectivity index (χ0) is 19.2. The van der Waals surface area contributed by atoms with Crippen LogP contribution in [0.25, 0.3) is 11.0 Å². The number of nitrogens with zero attached hydrogens (tertiary/aromatic N) is 4. The van der Waals surface area contributed by atoms with Crippen LogP contribution >= 0.6 is 0 Å². The molecule has 0 amide bonds. The quantitative estimate of drug-likeness (QED) is 0.754. The fourth-order valence-corrected chi connectivity index (χ4v) is 3.53. The number of aromatic nitrogens is 4. The van der Waals surface area contributed by atoms with Crippen LogP contribution < -0.4 is 10.5 Å². The van der Waals surface area contributed by atoms with Crippen molar-refractivity contribution in [1.82, 2.24) is 19.7 Å². The highest BCUT2D eigenvalue weighted by Crippen LogP contribution is 2.27. The van der Waals surface area contributed by atoms with E-state index in [1.165, 1.54) is 11.1 Å². The Bertz CT molecular complexity index is 1030. The molecule has 0 saturated carbocycles. The maximum Gasteiger partial charge on any atom is 0.263 e. The highest BCUT2D eigenvalue weighted by atomic mass is 16.5. The summed E-state index contributed by atoms with van der Waals surface area (Å²) < 4.78 is 7.80. The monoisotopic (exact) mass is 367 g/mol. The van der Waals surface area contributed by atoms with E-state index in [9.17, 15) is 4.79 Å². The fourth-order valence-electron chi connectivity index (χ4n) is 3.53. The van der Waals surface area contributed by atoms with Crippen molar-refractivity contribution >= 4 is 17.0 Å². The number of aromatic amines is 1. The number of morpholine rings is 1. The Morgan fingerprint density at radius 3 is 2.78 bits per heavy atom. The summed E-state index contributed by atoms with van der Waals surface area (Å²) in [6.45, 7) is 10.1. The molecule has 1 fully saturated rings. The average Bonchev–Trinajstić information content (AvgIpc) is 3.07. The second kappa shape index (κ2) is 6.49. The zero-order valence-electron chi connectivity index (χ0n) is 16.2. The normalized spacial score (nSPS) is 18.2. The van der Waals surface area contributed by atoms with Crippen LogP contribution in [0.1, 0.15) is 38.0 Å². The van der Waals surface area contributed by atoms with Gasteiger partial charge in [0, 0.05) is 6.54 Å². The Morgan fingerprint density at radius 1 is 1.26 bits per heavy atom. The molecule has 1 N–H and O–H groups in total. The maximum absolute atomic E-state index is 12.6. The predicted molar refractivity (Wildman–Crippen MR) is 105 cm³/mol. The van der Waals surface area contributed by atoms with E-state index >= 15 is 0 Å². The van der Waals surface area contributed by atoms with Crippen LogP contribution in [0.4, 0.5) is 5.95 Å². The highest BCUT2D eigenvalue weighted by molar-refractivity contribution is 5.74. The molecule has 7 heteroatoms. The minimum absolute atomic E-state index is 0.0477. The molecule has 1 aliphatic heterocycles. The van der Waals surface area contributed by atoms with Gasteiger partial charge in [-0.2, -0.15) is 10.1 Å². The van der Waals surface area contributed by atoms with Crippen molar-refractivity contribution in [3.05, 3.63) is 51.9 Å². The first-order chi connectivity index (χ1) is 12.8. The van der Waals surface area contributed by atoms with Crippen molar-refractivity contribution in [1.29, 1.82) is 0 Å². The minimum atomic E-state index is -0.255. The van der Waals surface area contributed by atoms with Gasteiger partial charge in [0.15, 0.2) is 5.65 Å². The minimum Gasteiger partial charge on any atom is -0.370 e.